The van der Waals surface area contributed by atoms with Crippen LogP contribution in [0.4, 0.5) is 0 Å². The summed E-state index contributed by atoms with van der Waals surface area (Å²) in [6.07, 6.45) is 4.38. The molecule has 1 atom stereocenters. The number of rotatable bonds is 4. The first-order valence-corrected chi connectivity index (χ1v) is 9.96. The van der Waals surface area contributed by atoms with Crippen molar-refractivity contribution >= 4 is 15.9 Å². The number of nitrogens with one attached hydrogen (secondary N) is 1. The fourth-order valence-corrected chi connectivity index (χ4v) is 4.84. The van der Waals surface area contributed by atoms with Crippen molar-refractivity contribution in [3.63, 3.8) is 0 Å². The maximum absolute atomic E-state index is 13.0. The molecule has 1 aromatic carbocycles. The first-order chi connectivity index (χ1) is 12.5. The largest absolute Gasteiger partial charge is 0.487 e. The molecule has 0 unspecified atom stereocenters. The lowest BCUT2D eigenvalue weighted by Crippen LogP contribution is -2.33. The van der Waals surface area contributed by atoms with E-state index in [-0.39, 0.29) is 23.5 Å². The number of amides is 1. The highest BCUT2D eigenvalue weighted by Gasteiger charge is 2.34. The number of hydrogen-bond acceptors (Lipinski definition) is 5. The molecule has 0 saturated carbocycles. The molecule has 3 heterocycles. The number of sulfonamides is 1. The Labute approximate surface area is 152 Å². The van der Waals surface area contributed by atoms with Gasteiger partial charge in [-0.25, -0.2) is 8.42 Å². The number of hydrogen-bond donors (Lipinski definition) is 1. The standard InChI is InChI=1S/C18H19N3O4S/c22-18-17-10-16(4-3-13(17)5-8-20-18)26(23,24)21-9-6-15(12-21)25-14-2-1-7-19-11-14/h1-4,7,10-11,15H,5-6,8-9,12H2,(H,20,22)/t15-/m1/s1. The molecule has 1 saturated heterocycles. The molecule has 136 valence electrons. The summed E-state index contributed by atoms with van der Waals surface area (Å²) < 4.78 is 33.1. The Hall–Kier alpha value is -2.45. The van der Waals surface area contributed by atoms with Crippen LogP contribution >= 0.6 is 0 Å². The maximum atomic E-state index is 13.0. The van der Waals surface area contributed by atoms with E-state index in [4.69, 9.17) is 4.74 Å². The highest BCUT2D eigenvalue weighted by atomic mass is 32.2. The Balaban J connectivity index is 1.52. The Morgan fingerprint density at radius 3 is 2.96 bits per heavy atom. The molecule has 7 nitrogen and oxygen atoms in total. The topological polar surface area (TPSA) is 88.6 Å². The Morgan fingerprint density at radius 2 is 2.15 bits per heavy atom. The zero-order valence-electron chi connectivity index (χ0n) is 14.1. The summed E-state index contributed by atoms with van der Waals surface area (Å²) in [5, 5.41) is 2.75. The van der Waals surface area contributed by atoms with Crippen LogP contribution < -0.4 is 10.1 Å². The van der Waals surface area contributed by atoms with Gasteiger partial charge in [-0.2, -0.15) is 4.31 Å². The third kappa shape index (κ3) is 3.17. The molecule has 0 aliphatic carbocycles. The van der Waals surface area contributed by atoms with Gasteiger partial charge >= 0.3 is 0 Å². The molecule has 2 aromatic rings. The lowest BCUT2D eigenvalue weighted by Gasteiger charge is -2.20. The number of nitrogens with zero attached hydrogens (tertiary/aromatic N) is 2. The van der Waals surface area contributed by atoms with Crippen molar-refractivity contribution < 1.29 is 17.9 Å². The predicted molar refractivity (Wildman–Crippen MR) is 94.5 cm³/mol. The molecule has 0 spiro atoms. The van der Waals surface area contributed by atoms with Gasteiger partial charge in [-0.05, 0) is 42.7 Å². The summed E-state index contributed by atoms with van der Waals surface area (Å²) in [7, 11) is -3.66. The summed E-state index contributed by atoms with van der Waals surface area (Å²) >= 11 is 0. The van der Waals surface area contributed by atoms with Crippen LogP contribution in [0.5, 0.6) is 5.75 Å². The summed E-state index contributed by atoms with van der Waals surface area (Å²) in [5.74, 6) is 0.407. The van der Waals surface area contributed by atoms with Gasteiger partial charge in [-0.15, -0.1) is 0 Å². The molecule has 8 heteroatoms. The van der Waals surface area contributed by atoms with E-state index in [0.717, 1.165) is 5.56 Å². The van der Waals surface area contributed by atoms with Crippen LogP contribution in [-0.2, 0) is 16.4 Å². The quantitative estimate of drug-likeness (QED) is 0.870. The van der Waals surface area contributed by atoms with Crippen molar-refractivity contribution in [2.45, 2.75) is 23.8 Å². The average Bonchev–Trinajstić information content (AvgIpc) is 3.12. The smallest absolute Gasteiger partial charge is 0.251 e. The zero-order chi connectivity index (χ0) is 18.1. The van der Waals surface area contributed by atoms with E-state index in [1.807, 2.05) is 0 Å². The second kappa shape index (κ2) is 6.69. The van der Waals surface area contributed by atoms with Crippen LogP contribution in [0.15, 0.2) is 47.6 Å². The third-order valence-corrected chi connectivity index (χ3v) is 6.55. The first kappa shape index (κ1) is 17.0. The number of carbonyl (C=O) groups excluding carboxylic acids is 1. The van der Waals surface area contributed by atoms with E-state index in [1.165, 1.54) is 10.4 Å². The monoisotopic (exact) mass is 373 g/mol. The number of fused-ring (bicyclic) bond motifs is 1. The van der Waals surface area contributed by atoms with Crippen LogP contribution in [-0.4, -0.2) is 49.4 Å². The lowest BCUT2D eigenvalue weighted by atomic mass is 10.0. The van der Waals surface area contributed by atoms with Gasteiger partial charge in [0.15, 0.2) is 0 Å². The van der Waals surface area contributed by atoms with Crippen molar-refractivity contribution in [2.24, 2.45) is 0 Å². The number of benzene rings is 1. The highest BCUT2D eigenvalue weighted by molar-refractivity contribution is 7.89. The third-order valence-electron chi connectivity index (χ3n) is 4.69. The molecule has 26 heavy (non-hydrogen) atoms. The van der Waals surface area contributed by atoms with Crippen molar-refractivity contribution in [1.29, 1.82) is 0 Å². The van der Waals surface area contributed by atoms with E-state index in [2.05, 4.69) is 10.3 Å². The molecular weight excluding hydrogens is 354 g/mol. The van der Waals surface area contributed by atoms with Gasteiger partial charge in [-0.1, -0.05) is 6.07 Å². The van der Waals surface area contributed by atoms with E-state index in [9.17, 15) is 13.2 Å². The van der Waals surface area contributed by atoms with E-state index in [1.54, 1.807) is 36.7 Å². The van der Waals surface area contributed by atoms with Gasteiger partial charge in [0.25, 0.3) is 5.91 Å². The minimum atomic E-state index is -3.66. The number of aromatic nitrogens is 1. The van der Waals surface area contributed by atoms with Crippen molar-refractivity contribution in [3.05, 3.63) is 53.9 Å². The molecule has 0 bridgehead atoms. The number of carbonyl (C=O) groups is 1. The van der Waals surface area contributed by atoms with Crippen LogP contribution in [0.1, 0.15) is 22.3 Å². The molecule has 2 aliphatic heterocycles. The van der Waals surface area contributed by atoms with Gasteiger partial charge < -0.3 is 10.1 Å². The predicted octanol–water partition coefficient (Wildman–Crippen LogP) is 1.21. The SMILES string of the molecule is O=C1NCCc2ccc(S(=O)(=O)N3CC[C@@H](Oc4cccnc4)C3)cc21. The van der Waals surface area contributed by atoms with Crippen molar-refractivity contribution in [2.75, 3.05) is 19.6 Å². The molecule has 1 aromatic heterocycles. The second-order valence-corrected chi connectivity index (χ2v) is 8.34. The lowest BCUT2D eigenvalue weighted by molar-refractivity contribution is 0.0945. The molecular formula is C18H19N3O4S. The van der Waals surface area contributed by atoms with E-state index >= 15 is 0 Å². The second-order valence-electron chi connectivity index (χ2n) is 6.41. The Kier molecular flexibility index (Phi) is 4.37. The van der Waals surface area contributed by atoms with Crippen molar-refractivity contribution in [1.82, 2.24) is 14.6 Å². The highest BCUT2D eigenvalue weighted by Crippen LogP contribution is 2.26. The van der Waals surface area contributed by atoms with Gasteiger partial charge in [0, 0.05) is 24.8 Å². The normalized spacial score (nSPS) is 20.5. The molecule has 1 fully saturated rings. The fourth-order valence-electron chi connectivity index (χ4n) is 3.32. The van der Waals surface area contributed by atoms with Gasteiger partial charge in [0.05, 0.1) is 17.6 Å². The first-order valence-electron chi connectivity index (χ1n) is 8.52. The summed E-state index contributed by atoms with van der Waals surface area (Å²) in [6.45, 7) is 1.24. The van der Waals surface area contributed by atoms with E-state index in [0.29, 0.717) is 37.2 Å². The number of ether oxygens (including phenoxy) is 1. The minimum Gasteiger partial charge on any atom is -0.487 e. The van der Waals surface area contributed by atoms with Crippen LogP contribution in [0, 0.1) is 0 Å². The fraction of sp³-hybridized carbons (Fsp3) is 0.333. The summed E-state index contributed by atoms with van der Waals surface area (Å²) in [6, 6.07) is 8.38. The Bertz CT molecular complexity index is 931. The molecule has 1 N–H and O–H groups in total. The van der Waals surface area contributed by atoms with Crippen LogP contribution in [0.25, 0.3) is 0 Å². The summed E-state index contributed by atoms with van der Waals surface area (Å²) in [4.78, 5) is 16.1. The summed E-state index contributed by atoms with van der Waals surface area (Å²) in [5.41, 5.74) is 1.33. The molecule has 0 radical (unpaired) electrons. The van der Waals surface area contributed by atoms with Crippen LogP contribution in [0.2, 0.25) is 0 Å². The minimum absolute atomic E-state index is 0.148. The molecule has 1 amide bonds. The van der Waals surface area contributed by atoms with Crippen molar-refractivity contribution in [3.8, 4) is 5.75 Å². The average molecular weight is 373 g/mol. The zero-order valence-corrected chi connectivity index (χ0v) is 14.9. The maximum Gasteiger partial charge on any atom is 0.251 e. The number of pyridine rings is 1. The Morgan fingerprint density at radius 1 is 1.27 bits per heavy atom. The van der Waals surface area contributed by atoms with Gasteiger partial charge in [-0.3, -0.25) is 9.78 Å². The van der Waals surface area contributed by atoms with Gasteiger partial charge in [0.1, 0.15) is 11.9 Å². The van der Waals surface area contributed by atoms with Crippen LogP contribution in [0.3, 0.4) is 0 Å². The molecule has 4 rings (SSSR count). The van der Waals surface area contributed by atoms with E-state index < -0.39 is 10.0 Å². The molecule has 2 aliphatic rings. The van der Waals surface area contributed by atoms with Gasteiger partial charge in [0.2, 0.25) is 10.0 Å².